The fraction of sp³-hybridized carbons (Fsp3) is 0.800. The van der Waals surface area contributed by atoms with Gasteiger partial charge in [-0.25, -0.2) is 0 Å². The zero-order valence-corrected chi connectivity index (χ0v) is 12.9. The van der Waals surface area contributed by atoms with Gasteiger partial charge in [-0.1, -0.05) is 19.3 Å². The molecule has 0 aliphatic heterocycles. The van der Waals surface area contributed by atoms with Crippen LogP contribution in [0.1, 0.15) is 19.8 Å². The monoisotopic (exact) mass is 301 g/mol. The predicted octanol–water partition coefficient (Wildman–Crippen LogP) is 0.602. The molecule has 122 valence electrons. The number of esters is 1. The molecule has 0 radical (unpaired) electrons. The van der Waals surface area contributed by atoms with Crippen LogP contribution in [-0.4, -0.2) is 65.3 Å². The van der Waals surface area contributed by atoms with Gasteiger partial charge in [0.25, 0.3) is 0 Å². The van der Waals surface area contributed by atoms with Crippen molar-refractivity contribution in [1.82, 2.24) is 5.32 Å². The molecule has 0 saturated heterocycles. The quantitative estimate of drug-likeness (QED) is 0.271. The molecule has 0 unspecified atom stereocenters. The molecule has 0 fully saturated rings. The maximum absolute atomic E-state index is 11.2. The smallest absolute Gasteiger partial charge is 0.320 e. The fourth-order valence-corrected chi connectivity index (χ4v) is 1.29. The minimum atomic E-state index is -0.339. The fourth-order valence-electron chi connectivity index (χ4n) is 1.29. The lowest BCUT2D eigenvalue weighted by Crippen LogP contribution is -2.26. The number of nitrogens with one attached hydrogen (secondary N) is 1. The Balaban J connectivity index is 3.08. The van der Waals surface area contributed by atoms with Gasteiger partial charge in [0.05, 0.1) is 46.1 Å². The third-order valence-corrected chi connectivity index (χ3v) is 2.37. The van der Waals surface area contributed by atoms with Gasteiger partial charge >= 0.3 is 5.97 Å². The molecule has 0 aromatic rings. The highest BCUT2D eigenvalue weighted by atomic mass is 16.6. The zero-order chi connectivity index (χ0) is 15.6. The van der Waals surface area contributed by atoms with Crippen LogP contribution < -0.4 is 5.32 Å². The lowest BCUT2D eigenvalue weighted by Gasteiger charge is -2.07. The molecule has 0 bridgehead atoms. The van der Waals surface area contributed by atoms with Gasteiger partial charge < -0.3 is 18.9 Å². The van der Waals surface area contributed by atoms with Crippen LogP contribution >= 0.6 is 0 Å². The van der Waals surface area contributed by atoms with Crippen molar-refractivity contribution in [3.05, 3.63) is 0 Å². The third kappa shape index (κ3) is 16.8. The van der Waals surface area contributed by atoms with E-state index < -0.39 is 0 Å². The first-order valence-corrected chi connectivity index (χ1v) is 7.34. The average molecular weight is 301 g/mol. The molecule has 0 aliphatic rings. The molecule has 0 amide bonds. The Hall–Kier alpha value is -1.13. The highest BCUT2D eigenvalue weighted by molar-refractivity contribution is 5.71. The van der Waals surface area contributed by atoms with Gasteiger partial charge in [-0.3, -0.25) is 10.1 Å². The second kappa shape index (κ2) is 16.9. The summed E-state index contributed by atoms with van der Waals surface area (Å²) in [5, 5.41) is 2.74. The summed E-state index contributed by atoms with van der Waals surface area (Å²) in [5.41, 5.74) is 0. The highest BCUT2D eigenvalue weighted by Gasteiger charge is 2.00. The summed E-state index contributed by atoms with van der Waals surface area (Å²) in [7, 11) is 0. The molecule has 0 spiro atoms. The molecular weight excluding hydrogens is 274 g/mol. The van der Waals surface area contributed by atoms with Crippen molar-refractivity contribution >= 4 is 5.97 Å². The van der Waals surface area contributed by atoms with Crippen molar-refractivity contribution < 1.29 is 23.7 Å². The number of terminal acetylenes is 1. The third-order valence-electron chi connectivity index (χ3n) is 2.37. The van der Waals surface area contributed by atoms with Gasteiger partial charge in [0, 0.05) is 6.61 Å². The summed E-state index contributed by atoms with van der Waals surface area (Å²) in [6.07, 6.45) is 7.25. The number of carbonyl (C=O) groups is 1. The lowest BCUT2D eigenvalue weighted by molar-refractivity contribution is -0.144. The van der Waals surface area contributed by atoms with E-state index in [1.54, 1.807) is 0 Å². The Morgan fingerprint density at radius 3 is 2.14 bits per heavy atom. The Labute approximate surface area is 127 Å². The van der Waals surface area contributed by atoms with E-state index in [4.69, 9.17) is 25.4 Å². The molecule has 0 heterocycles. The summed E-state index contributed by atoms with van der Waals surface area (Å²) >= 11 is 0. The van der Waals surface area contributed by atoms with Gasteiger partial charge in [-0.2, -0.15) is 0 Å². The van der Waals surface area contributed by atoms with E-state index in [1.807, 2.05) is 0 Å². The molecule has 0 atom stereocenters. The number of hydrogen-bond acceptors (Lipinski definition) is 6. The van der Waals surface area contributed by atoms with Gasteiger partial charge in [0.15, 0.2) is 0 Å². The molecule has 1 N–H and O–H groups in total. The highest BCUT2D eigenvalue weighted by Crippen LogP contribution is 1.88. The van der Waals surface area contributed by atoms with E-state index in [-0.39, 0.29) is 19.1 Å². The molecule has 0 saturated carbocycles. The van der Waals surface area contributed by atoms with Crippen LogP contribution in [0, 0.1) is 12.3 Å². The Morgan fingerprint density at radius 1 is 1.00 bits per heavy atom. The Morgan fingerprint density at radius 2 is 1.57 bits per heavy atom. The van der Waals surface area contributed by atoms with E-state index in [0.29, 0.717) is 39.6 Å². The van der Waals surface area contributed by atoms with Crippen molar-refractivity contribution in [2.24, 2.45) is 0 Å². The van der Waals surface area contributed by atoms with Crippen LogP contribution in [0.2, 0.25) is 0 Å². The van der Waals surface area contributed by atoms with E-state index in [9.17, 15) is 4.79 Å². The van der Waals surface area contributed by atoms with Crippen LogP contribution in [0.5, 0.6) is 0 Å². The lowest BCUT2D eigenvalue weighted by atomic mass is 10.4. The maximum Gasteiger partial charge on any atom is 0.320 e. The van der Waals surface area contributed by atoms with E-state index in [2.05, 4.69) is 18.2 Å². The van der Waals surface area contributed by atoms with Crippen LogP contribution in [0.15, 0.2) is 0 Å². The number of hydrogen-bond donors (Lipinski definition) is 1. The predicted molar refractivity (Wildman–Crippen MR) is 80.0 cm³/mol. The summed E-state index contributed by atoms with van der Waals surface area (Å²) < 4.78 is 20.8. The molecule has 6 heteroatoms. The van der Waals surface area contributed by atoms with Gasteiger partial charge in [0.2, 0.25) is 0 Å². The molecule has 0 aliphatic carbocycles. The minimum absolute atomic E-state index is 0.116. The number of ether oxygens (including phenoxy) is 4. The first kappa shape index (κ1) is 19.9. The second-order valence-electron chi connectivity index (χ2n) is 4.22. The van der Waals surface area contributed by atoms with Crippen molar-refractivity contribution in [2.45, 2.75) is 19.8 Å². The van der Waals surface area contributed by atoms with Crippen molar-refractivity contribution in [2.75, 3.05) is 59.3 Å². The average Bonchev–Trinajstić information content (AvgIpc) is 2.48. The van der Waals surface area contributed by atoms with Crippen LogP contribution in [0.25, 0.3) is 0 Å². The molecule has 21 heavy (non-hydrogen) atoms. The van der Waals surface area contributed by atoms with Crippen LogP contribution in [-0.2, 0) is 23.7 Å². The summed E-state index contributed by atoms with van der Waals surface area (Å²) in [6, 6.07) is 0. The molecule has 0 aromatic heterocycles. The van der Waals surface area contributed by atoms with Gasteiger partial charge in [-0.15, -0.1) is 6.42 Å². The maximum atomic E-state index is 11.2. The summed E-state index contributed by atoms with van der Waals surface area (Å²) in [6.45, 7) is 6.15. The Bertz CT molecular complexity index is 278. The van der Waals surface area contributed by atoms with Crippen molar-refractivity contribution in [3.8, 4) is 12.3 Å². The zero-order valence-electron chi connectivity index (χ0n) is 12.9. The molecular formula is C15H27NO5. The van der Waals surface area contributed by atoms with Crippen LogP contribution in [0.3, 0.4) is 0 Å². The van der Waals surface area contributed by atoms with E-state index in [0.717, 1.165) is 19.4 Å². The number of rotatable bonds is 15. The molecule has 0 aromatic carbocycles. The standard InChI is InChI=1S/C15H27NO5/c1-3-5-7-18-8-9-19-10-11-20-12-13-21-15(17)14-16-6-4-2/h2,16H,3,5-14H2,1H3. The summed E-state index contributed by atoms with van der Waals surface area (Å²) in [4.78, 5) is 11.2. The van der Waals surface area contributed by atoms with Gasteiger partial charge in [-0.05, 0) is 6.42 Å². The van der Waals surface area contributed by atoms with Crippen LogP contribution in [0.4, 0.5) is 0 Å². The van der Waals surface area contributed by atoms with E-state index >= 15 is 0 Å². The minimum Gasteiger partial charge on any atom is -0.462 e. The molecule has 6 nitrogen and oxygen atoms in total. The topological polar surface area (TPSA) is 66.0 Å². The first-order chi connectivity index (χ1) is 10.3. The van der Waals surface area contributed by atoms with Crippen molar-refractivity contribution in [1.29, 1.82) is 0 Å². The first-order valence-electron chi connectivity index (χ1n) is 7.34. The number of unbranched alkanes of at least 4 members (excludes halogenated alkanes) is 1. The summed E-state index contributed by atoms with van der Waals surface area (Å²) in [5.74, 6) is 2.03. The van der Waals surface area contributed by atoms with Crippen molar-refractivity contribution in [3.63, 3.8) is 0 Å². The second-order valence-corrected chi connectivity index (χ2v) is 4.22. The normalized spacial score (nSPS) is 10.3. The molecule has 0 rings (SSSR count). The largest absolute Gasteiger partial charge is 0.462 e. The van der Waals surface area contributed by atoms with E-state index in [1.165, 1.54) is 0 Å². The Kier molecular flexibility index (Phi) is 16.0. The van der Waals surface area contributed by atoms with Gasteiger partial charge in [0.1, 0.15) is 6.61 Å². The number of carbonyl (C=O) groups excluding carboxylic acids is 1. The SMILES string of the molecule is C#CCNCC(=O)OCCOCCOCCOCCCC.